The molecule has 0 saturated heterocycles. The molecular weight excluding hydrogens is 438 g/mol. The number of hydrogen-bond donors (Lipinski definition) is 1. The first-order valence-electron chi connectivity index (χ1n) is 10.4. The molecule has 0 atom stereocenters. The van der Waals surface area contributed by atoms with E-state index in [-0.39, 0.29) is 16.9 Å². The highest BCUT2D eigenvalue weighted by atomic mass is 16.5. The van der Waals surface area contributed by atoms with Crippen molar-refractivity contribution in [3.63, 3.8) is 0 Å². The van der Waals surface area contributed by atoms with Crippen molar-refractivity contribution < 1.29 is 28.2 Å². The molecule has 0 spiro atoms. The van der Waals surface area contributed by atoms with Crippen LogP contribution in [0.25, 0.3) is 22.3 Å². The molecule has 0 saturated carbocycles. The third-order valence-corrected chi connectivity index (χ3v) is 5.14. The Morgan fingerprint density at radius 2 is 1.59 bits per heavy atom. The van der Waals surface area contributed by atoms with Gasteiger partial charge in [0.1, 0.15) is 22.8 Å². The maximum Gasteiger partial charge on any atom is 0.262 e. The Morgan fingerprint density at radius 1 is 0.882 bits per heavy atom. The van der Waals surface area contributed by atoms with Gasteiger partial charge in [0.15, 0.2) is 12.4 Å². The summed E-state index contributed by atoms with van der Waals surface area (Å²) in [6.45, 7) is -0.415. The Labute approximate surface area is 195 Å². The van der Waals surface area contributed by atoms with Gasteiger partial charge in [-0.15, -0.1) is 0 Å². The van der Waals surface area contributed by atoms with Crippen LogP contribution in [0.5, 0.6) is 23.0 Å². The molecule has 1 amide bonds. The first-order valence-corrected chi connectivity index (χ1v) is 10.4. The fourth-order valence-electron chi connectivity index (χ4n) is 3.41. The molecule has 8 nitrogen and oxygen atoms in total. The molecule has 0 fully saturated rings. The minimum absolute atomic E-state index is 0.0549. The molecule has 34 heavy (non-hydrogen) atoms. The second-order valence-electron chi connectivity index (χ2n) is 7.22. The molecule has 3 aromatic carbocycles. The number of benzene rings is 3. The number of methoxy groups -OCH3 is 3. The Morgan fingerprint density at radius 3 is 2.29 bits per heavy atom. The molecule has 0 bridgehead atoms. The fourth-order valence-corrected chi connectivity index (χ4v) is 3.41. The lowest BCUT2D eigenvalue weighted by Gasteiger charge is -2.14. The Bertz CT molecular complexity index is 1380. The van der Waals surface area contributed by atoms with Crippen LogP contribution in [0.15, 0.2) is 75.9 Å². The third kappa shape index (κ3) is 4.66. The van der Waals surface area contributed by atoms with E-state index in [1.807, 2.05) is 0 Å². The van der Waals surface area contributed by atoms with Crippen LogP contribution >= 0.6 is 0 Å². The first-order chi connectivity index (χ1) is 16.5. The molecule has 174 valence electrons. The molecule has 0 unspecified atom stereocenters. The zero-order valence-electron chi connectivity index (χ0n) is 18.9. The van der Waals surface area contributed by atoms with E-state index < -0.39 is 12.5 Å². The lowest BCUT2D eigenvalue weighted by atomic mass is 10.1. The molecule has 1 aromatic heterocycles. The summed E-state index contributed by atoms with van der Waals surface area (Å²) in [5.74, 6) is 1.36. The molecule has 4 aromatic rings. The van der Waals surface area contributed by atoms with Crippen LogP contribution in [-0.4, -0.2) is 33.8 Å². The molecule has 0 radical (unpaired) electrons. The number of anilines is 1. The smallest absolute Gasteiger partial charge is 0.262 e. The predicted octanol–water partition coefficient (Wildman–Crippen LogP) is 4.50. The summed E-state index contributed by atoms with van der Waals surface area (Å²) < 4.78 is 27.4. The van der Waals surface area contributed by atoms with Gasteiger partial charge in [-0.05, 0) is 48.5 Å². The lowest BCUT2D eigenvalue weighted by Crippen LogP contribution is -2.23. The van der Waals surface area contributed by atoms with E-state index in [1.165, 1.54) is 14.2 Å². The summed E-state index contributed by atoms with van der Waals surface area (Å²) in [6, 6.07) is 18.9. The van der Waals surface area contributed by atoms with Crippen molar-refractivity contribution in [2.45, 2.75) is 0 Å². The van der Waals surface area contributed by atoms with Gasteiger partial charge in [-0.2, -0.15) is 0 Å². The summed E-state index contributed by atoms with van der Waals surface area (Å²) in [7, 11) is 4.59. The third-order valence-electron chi connectivity index (χ3n) is 5.14. The van der Waals surface area contributed by atoms with Crippen LogP contribution in [-0.2, 0) is 4.79 Å². The number of ether oxygens (including phenoxy) is 4. The standard InChI is InChI=1S/C26H23NO7/c1-30-17-10-8-16(9-11-17)25-26(24(29)19-6-4-5-7-21(19)34-25)33-15-23(28)27-20-13-12-18(31-2)14-22(20)32-3/h4-14H,15H2,1-3H3,(H,27,28). The normalized spacial score (nSPS) is 10.6. The van der Waals surface area contributed by atoms with E-state index in [1.54, 1.807) is 73.8 Å². The van der Waals surface area contributed by atoms with E-state index in [0.29, 0.717) is 39.5 Å². The van der Waals surface area contributed by atoms with Crippen molar-refractivity contribution in [3.05, 3.63) is 77.0 Å². The number of nitrogens with one attached hydrogen (secondary N) is 1. The predicted molar refractivity (Wildman–Crippen MR) is 128 cm³/mol. The molecule has 4 rings (SSSR count). The number of carbonyl (C=O) groups excluding carboxylic acids is 1. The molecular formula is C26H23NO7. The minimum Gasteiger partial charge on any atom is -0.497 e. The molecule has 8 heteroatoms. The zero-order valence-corrected chi connectivity index (χ0v) is 18.9. The monoisotopic (exact) mass is 461 g/mol. The zero-order chi connectivity index (χ0) is 24.1. The van der Waals surface area contributed by atoms with Gasteiger partial charge in [0.25, 0.3) is 5.91 Å². The number of rotatable bonds is 8. The number of hydrogen-bond acceptors (Lipinski definition) is 7. The van der Waals surface area contributed by atoms with Gasteiger partial charge < -0.3 is 28.7 Å². The summed E-state index contributed by atoms with van der Waals surface area (Å²) in [5, 5.41) is 3.07. The highest BCUT2D eigenvalue weighted by Crippen LogP contribution is 2.32. The van der Waals surface area contributed by atoms with Crippen molar-refractivity contribution in [2.24, 2.45) is 0 Å². The molecule has 0 aliphatic carbocycles. The summed E-state index contributed by atoms with van der Waals surface area (Å²) >= 11 is 0. The Balaban J connectivity index is 1.64. The number of carbonyl (C=O) groups is 1. The highest BCUT2D eigenvalue weighted by Gasteiger charge is 2.19. The van der Waals surface area contributed by atoms with Crippen molar-refractivity contribution in [1.29, 1.82) is 0 Å². The van der Waals surface area contributed by atoms with Crippen LogP contribution in [0, 0.1) is 0 Å². The van der Waals surface area contributed by atoms with Gasteiger partial charge in [0.2, 0.25) is 11.2 Å². The van der Waals surface area contributed by atoms with Gasteiger partial charge in [-0.1, -0.05) is 12.1 Å². The van der Waals surface area contributed by atoms with Crippen molar-refractivity contribution in [2.75, 3.05) is 33.3 Å². The Kier molecular flexibility index (Phi) is 6.68. The van der Waals surface area contributed by atoms with Crippen molar-refractivity contribution >= 4 is 22.6 Å². The van der Waals surface area contributed by atoms with E-state index >= 15 is 0 Å². The van der Waals surface area contributed by atoms with E-state index in [4.69, 9.17) is 23.4 Å². The van der Waals surface area contributed by atoms with Crippen LogP contribution in [0.4, 0.5) is 5.69 Å². The van der Waals surface area contributed by atoms with Gasteiger partial charge in [-0.3, -0.25) is 9.59 Å². The van der Waals surface area contributed by atoms with Crippen LogP contribution in [0.1, 0.15) is 0 Å². The van der Waals surface area contributed by atoms with E-state index in [0.717, 1.165) is 0 Å². The quantitative estimate of drug-likeness (QED) is 0.413. The first kappa shape index (κ1) is 22.7. The van der Waals surface area contributed by atoms with Gasteiger partial charge >= 0.3 is 0 Å². The van der Waals surface area contributed by atoms with Crippen LogP contribution in [0.3, 0.4) is 0 Å². The second kappa shape index (κ2) is 9.99. The molecule has 0 aliphatic rings. The maximum absolute atomic E-state index is 13.2. The van der Waals surface area contributed by atoms with Crippen molar-refractivity contribution in [3.8, 4) is 34.3 Å². The number of amides is 1. The minimum atomic E-state index is -0.475. The van der Waals surface area contributed by atoms with Gasteiger partial charge in [0.05, 0.1) is 32.4 Å². The second-order valence-corrected chi connectivity index (χ2v) is 7.22. The van der Waals surface area contributed by atoms with Crippen LogP contribution < -0.4 is 29.7 Å². The summed E-state index contributed by atoms with van der Waals surface area (Å²) in [4.78, 5) is 25.9. The average molecular weight is 461 g/mol. The van der Waals surface area contributed by atoms with E-state index in [2.05, 4.69) is 5.32 Å². The van der Waals surface area contributed by atoms with E-state index in [9.17, 15) is 9.59 Å². The summed E-state index contributed by atoms with van der Waals surface area (Å²) in [6.07, 6.45) is 0. The molecule has 1 heterocycles. The molecule has 0 aliphatic heterocycles. The topological polar surface area (TPSA) is 96.2 Å². The number of para-hydroxylation sites is 1. The molecule has 1 N–H and O–H groups in total. The highest BCUT2D eigenvalue weighted by molar-refractivity contribution is 5.93. The fraction of sp³-hybridized carbons (Fsp3) is 0.154. The van der Waals surface area contributed by atoms with Crippen molar-refractivity contribution in [1.82, 2.24) is 0 Å². The Hall–Kier alpha value is -4.46. The number of fused-ring (bicyclic) bond motifs is 1. The van der Waals surface area contributed by atoms with Gasteiger partial charge in [0, 0.05) is 11.6 Å². The lowest BCUT2D eigenvalue weighted by molar-refractivity contribution is -0.118. The SMILES string of the molecule is COc1ccc(-c2oc3ccccc3c(=O)c2OCC(=O)Nc2ccc(OC)cc2OC)cc1. The summed E-state index contributed by atoms with van der Waals surface area (Å²) in [5.41, 5.74) is 1.09. The average Bonchev–Trinajstić information content (AvgIpc) is 2.88. The van der Waals surface area contributed by atoms with Gasteiger partial charge in [-0.25, -0.2) is 0 Å². The largest absolute Gasteiger partial charge is 0.497 e. The maximum atomic E-state index is 13.2. The van der Waals surface area contributed by atoms with Crippen LogP contribution in [0.2, 0.25) is 0 Å².